The minimum Gasteiger partial charge on any atom is -0.394 e. The molecule has 0 saturated carbocycles. The molecule has 14 heteroatoms. The summed E-state index contributed by atoms with van der Waals surface area (Å²) >= 11 is 0. The lowest BCUT2D eigenvalue weighted by Gasteiger charge is -2.20. The van der Waals surface area contributed by atoms with Crippen molar-refractivity contribution in [1.82, 2.24) is 19.1 Å². The predicted molar refractivity (Wildman–Crippen MR) is 86.2 cm³/mol. The molecule has 1 aliphatic heterocycles. The van der Waals surface area contributed by atoms with Crippen molar-refractivity contribution < 1.29 is 33.8 Å². The highest BCUT2D eigenvalue weighted by molar-refractivity contribution is 7.46. The average Bonchev–Trinajstić information content (AvgIpc) is 3.09. The Hall–Kier alpha value is -1.86. The van der Waals surface area contributed by atoms with Gasteiger partial charge in [-0.2, -0.15) is 4.98 Å². The predicted octanol–water partition coefficient (Wildman–Crippen LogP) is -2.10. The van der Waals surface area contributed by atoms with Crippen LogP contribution < -0.4 is 11.0 Å². The first kappa shape index (κ1) is 18.9. The Labute approximate surface area is 146 Å². The van der Waals surface area contributed by atoms with Crippen molar-refractivity contribution in [2.45, 2.75) is 24.5 Å². The molecule has 0 bridgehead atoms. The van der Waals surface area contributed by atoms with Crippen LogP contribution in [0.4, 0.5) is 5.82 Å². The van der Waals surface area contributed by atoms with E-state index in [0.717, 1.165) is 0 Å². The molecule has 0 amide bonds. The zero-order valence-corrected chi connectivity index (χ0v) is 14.6. The molecule has 2 aromatic rings. The first-order valence-electron chi connectivity index (χ1n) is 7.47. The highest BCUT2D eigenvalue weighted by Gasteiger charge is 2.48. The fraction of sp³-hybridized carbons (Fsp3) is 0.583. The number of hydrogen-bond acceptors (Lipinski definition) is 9. The van der Waals surface area contributed by atoms with Crippen LogP contribution in [0, 0.1) is 0 Å². The highest BCUT2D eigenvalue weighted by Crippen LogP contribution is 2.44. The van der Waals surface area contributed by atoms with E-state index in [2.05, 4.69) is 19.8 Å². The third-order valence-corrected chi connectivity index (χ3v) is 4.59. The van der Waals surface area contributed by atoms with Crippen molar-refractivity contribution >= 4 is 24.8 Å². The van der Waals surface area contributed by atoms with Crippen LogP contribution in [-0.2, 0) is 20.9 Å². The maximum Gasteiger partial charge on any atom is 0.470 e. The van der Waals surface area contributed by atoms with Crippen molar-refractivity contribution in [3.8, 4) is 0 Å². The number of rotatable bonds is 5. The van der Waals surface area contributed by atoms with Crippen LogP contribution in [0.15, 0.2) is 11.1 Å². The summed E-state index contributed by atoms with van der Waals surface area (Å²) in [6.45, 7) is -0.651. The molecule has 0 aliphatic carbocycles. The van der Waals surface area contributed by atoms with Gasteiger partial charge in [-0.3, -0.25) is 13.7 Å². The van der Waals surface area contributed by atoms with E-state index in [1.807, 2.05) is 0 Å². The number of fused-ring (bicyclic) bond motifs is 1. The Kier molecular flexibility index (Phi) is 4.88. The van der Waals surface area contributed by atoms with Gasteiger partial charge < -0.3 is 30.1 Å². The number of nitrogens with zero attached hydrogens (tertiary/aromatic N) is 4. The zero-order chi connectivity index (χ0) is 19.2. The van der Waals surface area contributed by atoms with Gasteiger partial charge in [-0.15, -0.1) is 0 Å². The second-order valence-corrected chi connectivity index (χ2v) is 6.87. The zero-order valence-electron chi connectivity index (χ0n) is 13.8. The molecule has 0 radical (unpaired) electrons. The molecular formula is C12H18N5O8P. The molecule has 1 fully saturated rings. The molecule has 0 unspecified atom stereocenters. The summed E-state index contributed by atoms with van der Waals surface area (Å²) in [7, 11) is -1.83. The molecule has 144 valence electrons. The Balaban J connectivity index is 2.06. The van der Waals surface area contributed by atoms with Gasteiger partial charge in [-0.25, -0.2) is 14.3 Å². The second-order valence-electron chi connectivity index (χ2n) is 5.67. The number of phosphoric ester groups is 1. The molecule has 3 heterocycles. The van der Waals surface area contributed by atoms with Gasteiger partial charge in [0.25, 0.3) is 0 Å². The van der Waals surface area contributed by atoms with Crippen molar-refractivity contribution in [2.75, 3.05) is 19.0 Å². The van der Waals surface area contributed by atoms with Gasteiger partial charge in [0.2, 0.25) is 0 Å². The number of aliphatic hydroxyl groups is 2. The van der Waals surface area contributed by atoms with E-state index in [1.54, 1.807) is 7.05 Å². The van der Waals surface area contributed by atoms with E-state index in [1.165, 1.54) is 22.5 Å². The monoisotopic (exact) mass is 391 g/mol. The molecule has 13 nitrogen and oxygen atoms in total. The van der Waals surface area contributed by atoms with Gasteiger partial charge in [0.1, 0.15) is 29.6 Å². The number of aliphatic hydroxyl groups excluding tert-OH is 2. The molecule has 26 heavy (non-hydrogen) atoms. The Bertz CT molecular complexity index is 922. The van der Waals surface area contributed by atoms with Gasteiger partial charge >= 0.3 is 13.5 Å². The van der Waals surface area contributed by atoms with Gasteiger partial charge in [-0.05, 0) is 0 Å². The van der Waals surface area contributed by atoms with Crippen LogP contribution in [0.2, 0.25) is 0 Å². The first-order chi connectivity index (χ1) is 12.2. The Morgan fingerprint density at radius 3 is 2.73 bits per heavy atom. The summed E-state index contributed by atoms with van der Waals surface area (Å²) in [4.78, 5) is 38.1. The lowest BCUT2D eigenvalue weighted by atomic mass is 10.1. The Morgan fingerprint density at radius 2 is 2.15 bits per heavy atom. The van der Waals surface area contributed by atoms with E-state index >= 15 is 0 Å². The molecule has 0 aromatic carbocycles. The maximum atomic E-state index is 12.0. The normalized spacial score (nSPS) is 26.5. The van der Waals surface area contributed by atoms with Gasteiger partial charge in [0, 0.05) is 14.1 Å². The fourth-order valence-corrected chi connectivity index (χ4v) is 3.49. The number of nitrogens with one attached hydrogen (secondary N) is 1. The Morgan fingerprint density at radius 1 is 1.46 bits per heavy atom. The maximum absolute atomic E-state index is 12.0. The molecular weight excluding hydrogens is 373 g/mol. The highest BCUT2D eigenvalue weighted by atomic mass is 31.2. The molecule has 4 atom stereocenters. The van der Waals surface area contributed by atoms with Crippen molar-refractivity contribution in [1.29, 1.82) is 0 Å². The summed E-state index contributed by atoms with van der Waals surface area (Å²) in [5.41, 5.74) is -0.168. The third-order valence-electron chi connectivity index (χ3n) is 4.08. The van der Waals surface area contributed by atoms with Gasteiger partial charge in [-0.1, -0.05) is 0 Å². The summed E-state index contributed by atoms with van der Waals surface area (Å²) < 4.78 is 23.6. The van der Waals surface area contributed by atoms with E-state index in [9.17, 15) is 19.6 Å². The average molecular weight is 391 g/mol. The largest absolute Gasteiger partial charge is 0.470 e. The summed E-state index contributed by atoms with van der Waals surface area (Å²) in [5.74, 6) is 0.382. The topological polar surface area (TPSA) is 181 Å². The van der Waals surface area contributed by atoms with Gasteiger partial charge in [0.05, 0.1) is 12.9 Å². The number of imidazole rings is 1. The number of anilines is 1. The number of hydrogen-bond donors (Lipinski definition) is 5. The van der Waals surface area contributed by atoms with Crippen LogP contribution in [-0.4, -0.2) is 71.1 Å². The molecule has 0 spiro atoms. The SMILES string of the molecule is CNc1c2ncn([C@@H]3O[C@H](CO)[C@@H](OP(=O)(O)O)[C@H]3O)c2nc(=O)n1C. The smallest absolute Gasteiger partial charge is 0.394 e. The van der Waals surface area contributed by atoms with Gasteiger partial charge in [0.15, 0.2) is 11.9 Å². The van der Waals surface area contributed by atoms with E-state index in [4.69, 9.17) is 14.5 Å². The molecule has 2 aromatic heterocycles. The van der Waals surface area contributed by atoms with E-state index < -0.39 is 44.7 Å². The van der Waals surface area contributed by atoms with Crippen LogP contribution in [0.25, 0.3) is 11.2 Å². The van der Waals surface area contributed by atoms with Crippen molar-refractivity contribution in [2.24, 2.45) is 7.05 Å². The summed E-state index contributed by atoms with van der Waals surface area (Å²) in [6.07, 6.45) is -4.20. The van der Waals surface area contributed by atoms with E-state index in [-0.39, 0.29) is 5.65 Å². The van der Waals surface area contributed by atoms with E-state index in [0.29, 0.717) is 11.3 Å². The first-order valence-corrected chi connectivity index (χ1v) is 9.00. The standard InChI is InChI=1S/C12H18N5O8P/c1-13-9-6-10(15-12(20)16(9)2)17(4-14-6)11-7(19)8(5(3-18)24-11)25-26(21,22)23/h4-5,7-8,11,13,18-19H,3H2,1-2H3,(H2,21,22,23)/t5-,7-,8-,11-/m1/s1. The number of aromatic nitrogens is 4. The van der Waals surface area contributed by atoms with Crippen LogP contribution in [0.1, 0.15) is 6.23 Å². The molecule has 3 rings (SSSR count). The van der Waals surface area contributed by atoms with Crippen LogP contribution in [0.3, 0.4) is 0 Å². The minimum atomic E-state index is -4.94. The quantitative estimate of drug-likeness (QED) is 0.352. The summed E-state index contributed by atoms with van der Waals surface area (Å²) in [5, 5.41) is 22.6. The number of ether oxygens (including phenoxy) is 1. The fourth-order valence-electron chi connectivity index (χ4n) is 2.91. The van der Waals surface area contributed by atoms with Crippen LogP contribution >= 0.6 is 7.82 Å². The lowest BCUT2D eigenvalue weighted by Crippen LogP contribution is -2.35. The molecule has 5 N–H and O–H groups in total. The van der Waals surface area contributed by atoms with Crippen molar-refractivity contribution in [3.63, 3.8) is 0 Å². The minimum absolute atomic E-state index is 0.0926. The third kappa shape index (κ3) is 3.14. The summed E-state index contributed by atoms with van der Waals surface area (Å²) in [6, 6.07) is 0. The molecule has 1 saturated heterocycles. The lowest BCUT2D eigenvalue weighted by molar-refractivity contribution is -0.0509. The molecule has 1 aliphatic rings. The van der Waals surface area contributed by atoms with Crippen LogP contribution in [0.5, 0.6) is 0 Å². The van der Waals surface area contributed by atoms with Crippen molar-refractivity contribution in [3.05, 3.63) is 16.8 Å². The second kappa shape index (κ2) is 6.70. The number of phosphoric acid groups is 1.